The monoisotopic (exact) mass is 319 g/mol. The van der Waals surface area contributed by atoms with Gasteiger partial charge in [-0.25, -0.2) is 4.98 Å². The van der Waals surface area contributed by atoms with E-state index in [1.54, 1.807) is 12.3 Å². The summed E-state index contributed by atoms with van der Waals surface area (Å²) in [4.78, 5) is 30.4. The molecule has 3 heterocycles. The van der Waals surface area contributed by atoms with E-state index in [1.807, 2.05) is 12.3 Å². The van der Waals surface area contributed by atoms with Crippen LogP contribution in [0, 0.1) is 11.8 Å². The molecule has 116 valence electrons. The van der Waals surface area contributed by atoms with E-state index in [9.17, 15) is 9.59 Å². The predicted octanol–water partition coefficient (Wildman–Crippen LogP) is 1.03. The molecule has 0 aliphatic carbocycles. The number of nitrogens with zero attached hydrogens (tertiary/aromatic N) is 1. The Morgan fingerprint density at radius 2 is 2.27 bits per heavy atom. The number of thiazole rings is 1. The summed E-state index contributed by atoms with van der Waals surface area (Å²) in [5.41, 5.74) is 7.00. The van der Waals surface area contributed by atoms with Crippen LogP contribution in [0.2, 0.25) is 0 Å². The molecule has 2 aromatic heterocycles. The zero-order valence-electron chi connectivity index (χ0n) is 12.1. The van der Waals surface area contributed by atoms with E-state index in [2.05, 4.69) is 20.6 Å². The van der Waals surface area contributed by atoms with Gasteiger partial charge in [-0.3, -0.25) is 9.59 Å². The maximum Gasteiger partial charge on any atom is 0.265 e. The van der Waals surface area contributed by atoms with Gasteiger partial charge in [0.2, 0.25) is 5.91 Å². The molecule has 22 heavy (non-hydrogen) atoms. The molecule has 0 radical (unpaired) electrons. The number of primary amides is 1. The molecule has 1 aliphatic rings. The molecule has 0 saturated carbocycles. The minimum Gasteiger partial charge on any atom is -0.364 e. The second-order valence-corrected chi connectivity index (χ2v) is 6.26. The standard InChI is InChI=1S/C14H17N5O2S/c1-7(9-3-16-4-9)13(21)19-14-18-11(6-22-14)8-2-10(12(15)20)17-5-8/h2,5-7,9,16-17H,3-4H2,1H3,(H2,15,20)(H,18,19,21). The molecule has 1 saturated heterocycles. The fourth-order valence-electron chi connectivity index (χ4n) is 2.25. The van der Waals surface area contributed by atoms with Crippen molar-refractivity contribution in [2.24, 2.45) is 17.6 Å². The lowest BCUT2D eigenvalue weighted by atomic mass is 9.88. The number of nitrogens with one attached hydrogen (secondary N) is 3. The zero-order chi connectivity index (χ0) is 15.7. The molecule has 8 heteroatoms. The van der Waals surface area contributed by atoms with Gasteiger partial charge in [0, 0.05) is 23.1 Å². The van der Waals surface area contributed by atoms with Gasteiger partial charge >= 0.3 is 0 Å². The summed E-state index contributed by atoms with van der Waals surface area (Å²) in [6.45, 7) is 3.70. The summed E-state index contributed by atoms with van der Waals surface area (Å²) in [7, 11) is 0. The molecule has 1 fully saturated rings. The highest BCUT2D eigenvalue weighted by molar-refractivity contribution is 7.14. The van der Waals surface area contributed by atoms with Crippen molar-refractivity contribution in [1.29, 1.82) is 0 Å². The summed E-state index contributed by atoms with van der Waals surface area (Å²) in [6, 6.07) is 1.64. The third kappa shape index (κ3) is 2.88. The van der Waals surface area contributed by atoms with E-state index in [1.165, 1.54) is 11.3 Å². The summed E-state index contributed by atoms with van der Waals surface area (Å²) in [5.74, 6) is -0.179. The van der Waals surface area contributed by atoms with Crippen molar-refractivity contribution < 1.29 is 9.59 Å². The average molecular weight is 319 g/mol. The molecule has 7 nitrogen and oxygen atoms in total. The topological polar surface area (TPSA) is 113 Å². The van der Waals surface area contributed by atoms with E-state index in [0.717, 1.165) is 18.7 Å². The van der Waals surface area contributed by atoms with Gasteiger partial charge in [-0.15, -0.1) is 11.3 Å². The summed E-state index contributed by atoms with van der Waals surface area (Å²) < 4.78 is 0. The normalized spacial score (nSPS) is 16.0. The number of anilines is 1. The van der Waals surface area contributed by atoms with Gasteiger partial charge < -0.3 is 21.4 Å². The maximum absolute atomic E-state index is 12.1. The van der Waals surface area contributed by atoms with Gasteiger partial charge in [0.25, 0.3) is 5.91 Å². The van der Waals surface area contributed by atoms with Crippen LogP contribution in [0.1, 0.15) is 17.4 Å². The number of hydrogen-bond acceptors (Lipinski definition) is 5. The van der Waals surface area contributed by atoms with Crippen LogP contribution in [-0.4, -0.2) is 34.9 Å². The Labute approximate surface area is 131 Å². The molecule has 1 atom stereocenters. The first-order valence-corrected chi connectivity index (χ1v) is 7.88. The van der Waals surface area contributed by atoms with E-state index in [4.69, 9.17) is 5.73 Å². The molecule has 2 aromatic rings. The lowest BCUT2D eigenvalue weighted by Crippen LogP contribution is -2.48. The lowest BCUT2D eigenvalue weighted by Gasteiger charge is -2.31. The van der Waals surface area contributed by atoms with Crippen LogP contribution in [0.3, 0.4) is 0 Å². The number of hydrogen-bond donors (Lipinski definition) is 4. The summed E-state index contributed by atoms with van der Waals surface area (Å²) >= 11 is 1.36. The molecule has 5 N–H and O–H groups in total. The third-order valence-electron chi connectivity index (χ3n) is 3.91. The Morgan fingerprint density at radius 1 is 1.50 bits per heavy atom. The van der Waals surface area contributed by atoms with Crippen LogP contribution in [0.25, 0.3) is 11.3 Å². The van der Waals surface area contributed by atoms with Crippen molar-refractivity contribution in [2.75, 3.05) is 18.4 Å². The first-order valence-electron chi connectivity index (χ1n) is 7.00. The lowest BCUT2D eigenvalue weighted by molar-refractivity contribution is -0.121. The van der Waals surface area contributed by atoms with Crippen LogP contribution in [0.4, 0.5) is 5.13 Å². The number of H-pyrrole nitrogens is 1. The zero-order valence-corrected chi connectivity index (χ0v) is 12.9. The first kappa shape index (κ1) is 14.7. The van der Waals surface area contributed by atoms with Gasteiger partial charge in [-0.05, 0) is 25.1 Å². The average Bonchev–Trinajstić information content (AvgIpc) is 3.04. The number of carbonyl (C=O) groups is 2. The number of amides is 2. The smallest absolute Gasteiger partial charge is 0.265 e. The largest absolute Gasteiger partial charge is 0.364 e. The number of aromatic amines is 1. The Balaban J connectivity index is 1.67. The van der Waals surface area contributed by atoms with Crippen LogP contribution in [0.15, 0.2) is 17.6 Å². The molecule has 0 spiro atoms. The van der Waals surface area contributed by atoms with Gasteiger partial charge in [0.05, 0.1) is 5.69 Å². The minimum absolute atomic E-state index is 0.0145. The molecule has 0 aromatic carbocycles. The Morgan fingerprint density at radius 3 is 2.86 bits per heavy atom. The predicted molar refractivity (Wildman–Crippen MR) is 84.6 cm³/mol. The van der Waals surface area contributed by atoms with E-state index in [0.29, 0.717) is 22.4 Å². The summed E-state index contributed by atoms with van der Waals surface area (Å²) in [5, 5.41) is 8.40. The van der Waals surface area contributed by atoms with Crippen LogP contribution in [0.5, 0.6) is 0 Å². The molecular weight excluding hydrogens is 302 g/mol. The van der Waals surface area contributed by atoms with Gasteiger partial charge in [0.15, 0.2) is 5.13 Å². The minimum atomic E-state index is -0.516. The van der Waals surface area contributed by atoms with Gasteiger partial charge in [-0.1, -0.05) is 6.92 Å². The van der Waals surface area contributed by atoms with Crippen LogP contribution >= 0.6 is 11.3 Å². The highest BCUT2D eigenvalue weighted by atomic mass is 32.1. The maximum atomic E-state index is 12.1. The SMILES string of the molecule is CC(C(=O)Nc1nc(-c2c[nH]c(C(N)=O)c2)cs1)C1CNC1. The first-order chi connectivity index (χ1) is 10.5. The van der Waals surface area contributed by atoms with Crippen molar-refractivity contribution in [2.45, 2.75) is 6.92 Å². The fraction of sp³-hybridized carbons (Fsp3) is 0.357. The van der Waals surface area contributed by atoms with Gasteiger partial charge in [0.1, 0.15) is 5.69 Å². The van der Waals surface area contributed by atoms with Crippen molar-refractivity contribution in [1.82, 2.24) is 15.3 Å². The Bertz CT molecular complexity index is 704. The van der Waals surface area contributed by atoms with E-state index >= 15 is 0 Å². The van der Waals surface area contributed by atoms with Crippen molar-refractivity contribution in [3.05, 3.63) is 23.3 Å². The molecule has 3 rings (SSSR count). The molecule has 0 bridgehead atoms. The van der Waals surface area contributed by atoms with E-state index < -0.39 is 5.91 Å². The molecular formula is C14H17N5O2S. The number of rotatable bonds is 5. The summed E-state index contributed by atoms with van der Waals surface area (Å²) in [6.07, 6.45) is 1.67. The molecule has 1 unspecified atom stereocenters. The Hall–Kier alpha value is -2.19. The van der Waals surface area contributed by atoms with Crippen molar-refractivity contribution in [3.63, 3.8) is 0 Å². The molecule has 1 aliphatic heterocycles. The second kappa shape index (κ2) is 5.90. The van der Waals surface area contributed by atoms with Crippen molar-refractivity contribution >= 4 is 28.3 Å². The van der Waals surface area contributed by atoms with Crippen LogP contribution < -0.4 is 16.4 Å². The highest BCUT2D eigenvalue weighted by Crippen LogP contribution is 2.26. The second-order valence-electron chi connectivity index (χ2n) is 5.40. The van der Waals surface area contributed by atoms with Crippen molar-refractivity contribution in [3.8, 4) is 11.3 Å². The third-order valence-corrected chi connectivity index (χ3v) is 4.67. The quantitative estimate of drug-likeness (QED) is 0.659. The van der Waals surface area contributed by atoms with Crippen LogP contribution in [-0.2, 0) is 4.79 Å². The Kier molecular flexibility index (Phi) is 3.95. The highest BCUT2D eigenvalue weighted by Gasteiger charge is 2.29. The number of carbonyl (C=O) groups excluding carboxylic acids is 2. The van der Waals surface area contributed by atoms with E-state index in [-0.39, 0.29) is 11.8 Å². The number of nitrogens with two attached hydrogens (primary N) is 1. The molecule has 2 amide bonds. The van der Waals surface area contributed by atoms with Gasteiger partial charge in [-0.2, -0.15) is 0 Å². The fourth-order valence-corrected chi connectivity index (χ4v) is 2.97. The number of aromatic nitrogens is 2.